The summed E-state index contributed by atoms with van der Waals surface area (Å²) in [5.41, 5.74) is 6.67. The summed E-state index contributed by atoms with van der Waals surface area (Å²) in [5.74, 6) is -0.116. The lowest BCUT2D eigenvalue weighted by atomic mass is 10.0. The molecule has 0 aliphatic carbocycles. The van der Waals surface area contributed by atoms with Gasteiger partial charge >= 0.3 is 5.97 Å². The van der Waals surface area contributed by atoms with Crippen LogP contribution < -0.4 is 5.73 Å². The van der Waals surface area contributed by atoms with Crippen molar-refractivity contribution in [3.63, 3.8) is 0 Å². The molecule has 1 aliphatic rings. The molecule has 2 N–H and O–H groups in total. The summed E-state index contributed by atoms with van der Waals surface area (Å²) in [4.78, 5) is 13.8. The van der Waals surface area contributed by atoms with Crippen molar-refractivity contribution in [3.05, 3.63) is 23.7 Å². The van der Waals surface area contributed by atoms with Crippen molar-refractivity contribution in [3.8, 4) is 0 Å². The largest absolute Gasteiger partial charge is 0.463 e. The van der Waals surface area contributed by atoms with Gasteiger partial charge in [0.1, 0.15) is 0 Å². The molecule has 0 saturated carbocycles. The number of nitrogens with two attached hydrogens (primary N) is 1. The Morgan fingerprint density at radius 1 is 1.61 bits per heavy atom. The summed E-state index contributed by atoms with van der Waals surface area (Å²) in [6.07, 6.45) is 5.07. The molecule has 1 unspecified atom stereocenters. The van der Waals surface area contributed by atoms with Gasteiger partial charge in [-0.15, -0.1) is 0 Å². The van der Waals surface area contributed by atoms with Crippen LogP contribution in [0, 0.1) is 0 Å². The number of esters is 1. The van der Waals surface area contributed by atoms with Crippen LogP contribution in [-0.2, 0) is 11.3 Å². The van der Waals surface area contributed by atoms with Crippen LogP contribution in [0.3, 0.4) is 0 Å². The number of nitrogens with zero attached hydrogens (tertiary/aromatic N) is 1. The minimum absolute atomic E-state index is 0.304. The van der Waals surface area contributed by atoms with Crippen LogP contribution in [0.2, 0.25) is 0 Å². The molecular formula is C13H20N2O3. The van der Waals surface area contributed by atoms with Crippen molar-refractivity contribution < 1.29 is 13.9 Å². The maximum Gasteiger partial charge on any atom is 0.374 e. The van der Waals surface area contributed by atoms with E-state index < -0.39 is 5.97 Å². The molecule has 5 nitrogen and oxygen atoms in total. The second-order valence-corrected chi connectivity index (χ2v) is 4.62. The Morgan fingerprint density at radius 3 is 3.17 bits per heavy atom. The van der Waals surface area contributed by atoms with Gasteiger partial charge in [-0.3, -0.25) is 4.90 Å². The number of hydrogen-bond acceptors (Lipinski definition) is 5. The first-order valence-electron chi connectivity index (χ1n) is 6.35. The number of piperidine rings is 1. The molecule has 5 heteroatoms. The molecule has 1 aromatic heterocycles. The van der Waals surface area contributed by atoms with Crippen molar-refractivity contribution in [2.45, 2.75) is 31.8 Å². The third kappa shape index (κ3) is 2.73. The fourth-order valence-corrected chi connectivity index (χ4v) is 2.49. The van der Waals surface area contributed by atoms with Gasteiger partial charge in [0.15, 0.2) is 0 Å². The molecule has 1 aliphatic heterocycles. The lowest BCUT2D eigenvalue weighted by molar-refractivity contribution is 0.0559. The molecule has 0 radical (unpaired) electrons. The molecular weight excluding hydrogens is 232 g/mol. The van der Waals surface area contributed by atoms with E-state index >= 15 is 0 Å². The van der Waals surface area contributed by atoms with E-state index in [9.17, 15) is 4.79 Å². The van der Waals surface area contributed by atoms with E-state index in [0.717, 1.165) is 18.5 Å². The molecule has 18 heavy (non-hydrogen) atoms. The number of hydrogen-bond donors (Lipinski definition) is 1. The van der Waals surface area contributed by atoms with E-state index in [0.29, 0.717) is 24.9 Å². The average molecular weight is 252 g/mol. The molecule has 1 atom stereocenters. The van der Waals surface area contributed by atoms with Gasteiger partial charge in [0.2, 0.25) is 5.76 Å². The zero-order valence-electron chi connectivity index (χ0n) is 10.7. The van der Waals surface area contributed by atoms with Crippen LogP contribution in [0.4, 0.5) is 0 Å². The Morgan fingerprint density at radius 2 is 2.44 bits per heavy atom. The quantitative estimate of drug-likeness (QED) is 0.820. The summed E-state index contributed by atoms with van der Waals surface area (Å²) >= 11 is 0. The average Bonchev–Trinajstić information content (AvgIpc) is 2.86. The lowest BCUT2D eigenvalue weighted by Gasteiger charge is -2.34. The SMILES string of the molecule is COC(=O)c1occc1CN1CCCCC1CN. The van der Waals surface area contributed by atoms with Crippen molar-refractivity contribution in [1.29, 1.82) is 0 Å². The standard InChI is InChI=1S/C13H20N2O3/c1-17-13(16)12-10(5-7-18-12)9-15-6-3-2-4-11(15)8-14/h5,7,11H,2-4,6,8-9,14H2,1H3. The molecule has 1 aromatic rings. The predicted molar refractivity (Wildman–Crippen MR) is 67.2 cm³/mol. The number of likely N-dealkylation sites (tertiary alicyclic amines) is 1. The zero-order chi connectivity index (χ0) is 13.0. The van der Waals surface area contributed by atoms with Crippen LogP contribution in [0.5, 0.6) is 0 Å². The van der Waals surface area contributed by atoms with Gasteiger partial charge in [-0.2, -0.15) is 0 Å². The van der Waals surface area contributed by atoms with Gasteiger partial charge in [-0.05, 0) is 25.5 Å². The van der Waals surface area contributed by atoms with Crippen LogP contribution in [0.1, 0.15) is 35.4 Å². The highest BCUT2D eigenvalue weighted by atomic mass is 16.5. The Kier molecular flexibility index (Phi) is 4.38. The van der Waals surface area contributed by atoms with Crippen molar-refractivity contribution in [2.75, 3.05) is 20.2 Å². The summed E-state index contributed by atoms with van der Waals surface area (Å²) in [5, 5.41) is 0. The van der Waals surface area contributed by atoms with Gasteiger partial charge < -0.3 is 14.9 Å². The second kappa shape index (κ2) is 6.02. The summed E-state index contributed by atoms with van der Waals surface area (Å²) in [7, 11) is 1.36. The minimum atomic E-state index is -0.420. The van der Waals surface area contributed by atoms with E-state index in [1.165, 1.54) is 26.2 Å². The molecule has 1 fully saturated rings. The van der Waals surface area contributed by atoms with E-state index in [1.54, 1.807) is 0 Å². The summed E-state index contributed by atoms with van der Waals surface area (Å²) in [6, 6.07) is 2.23. The molecule has 0 aromatic carbocycles. The maximum atomic E-state index is 11.5. The van der Waals surface area contributed by atoms with Gasteiger partial charge in [-0.1, -0.05) is 6.42 Å². The summed E-state index contributed by atoms with van der Waals surface area (Å²) < 4.78 is 9.90. The van der Waals surface area contributed by atoms with Crippen LogP contribution in [0.25, 0.3) is 0 Å². The van der Waals surface area contributed by atoms with Gasteiger partial charge in [0.25, 0.3) is 0 Å². The fourth-order valence-electron chi connectivity index (χ4n) is 2.49. The Hall–Kier alpha value is -1.33. The molecule has 2 heterocycles. The Bertz CT molecular complexity index is 403. The van der Waals surface area contributed by atoms with Gasteiger partial charge in [0, 0.05) is 24.7 Å². The molecule has 0 amide bonds. The number of rotatable bonds is 4. The van der Waals surface area contributed by atoms with Crippen molar-refractivity contribution >= 4 is 5.97 Å². The maximum absolute atomic E-state index is 11.5. The van der Waals surface area contributed by atoms with E-state index in [1.807, 2.05) is 6.07 Å². The summed E-state index contributed by atoms with van der Waals surface area (Å²) in [6.45, 7) is 2.38. The number of furan rings is 1. The third-order valence-electron chi connectivity index (χ3n) is 3.51. The van der Waals surface area contributed by atoms with Crippen molar-refractivity contribution in [2.24, 2.45) is 5.73 Å². The first kappa shape index (κ1) is 13.1. The molecule has 100 valence electrons. The van der Waals surface area contributed by atoms with Gasteiger partial charge in [0.05, 0.1) is 13.4 Å². The number of carbonyl (C=O) groups excluding carboxylic acids is 1. The highest BCUT2D eigenvalue weighted by Crippen LogP contribution is 2.21. The molecule has 2 rings (SSSR count). The van der Waals surface area contributed by atoms with E-state index in [4.69, 9.17) is 14.9 Å². The molecule has 0 bridgehead atoms. The predicted octanol–water partition coefficient (Wildman–Crippen LogP) is 1.38. The van der Waals surface area contributed by atoms with Crippen LogP contribution >= 0.6 is 0 Å². The van der Waals surface area contributed by atoms with Crippen LogP contribution in [0.15, 0.2) is 16.7 Å². The third-order valence-corrected chi connectivity index (χ3v) is 3.51. The number of carbonyl (C=O) groups is 1. The number of methoxy groups -OCH3 is 1. The van der Waals surface area contributed by atoms with E-state index in [-0.39, 0.29) is 0 Å². The fraction of sp³-hybridized carbons (Fsp3) is 0.615. The first-order valence-corrected chi connectivity index (χ1v) is 6.35. The normalized spacial score (nSPS) is 20.9. The van der Waals surface area contributed by atoms with Crippen LogP contribution in [-0.4, -0.2) is 37.1 Å². The second-order valence-electron chi connectivity index (χ2n) is 4.62. The monoisotopic (exact) mass is 252 g/mol. The topological polar surface area (TPSA) is 68.7 Å². The first-order chi connectivity index (χ1) is 8.76. The van der Waals surface area contributed by atoms with Gasteiger partial charge in [-0.25, -0.2) is 4.79 Å². The molecule has 1 saturated heterocycles. The highest BCUT2D eigenvalue weighted by Gasteiger charge is 2.24. The molecule has 0 spiro atoms. The number of ether oxygens (including phenoxy) is 1. The highest BCUT2D eigenvalue weighted by molar-refractivity contribution is 5.87. The minimum Gasteiger partial charge on any atom is -0.463 e. The Balaban J connectivity index is 2.08. The smallest absolute Gasteiger partial charge is 0.374 e. The van der Waals surface area contributed by atoms with Crippen molar-refractivity contribution in [1.82, 2.24) is 4.90 Å². The zero-order valence-corrected chi connectivity index (χ0v) is 10.7. The van der Waals surface area contributed by atoms with E-state index in [2.05, 4.69) is 4.90 Å². The Labute approximate surface area is 107 Å². The lowest BCUT2D eigenvalue weighted by Crippen LogP contribution is -2.43.